The van der Waals surface area contributed by atoms with Crippen molar-refractivity contribution in [3.63, 3.8) is 0 Å². The SMILES string of the molecule is CC(=O)NC1C(O)[C@H](O)C(CO)O[C@H]1O[C@@H](C)C(=O)O. The average molecular weight is 293 g/mol. The van der Waals surface area contributed by atoms with Gasteiger partial charge in [-0.15, -0.1) is 0 Å². The maximum absolute atomic E-state index is 11.1. The molecule has 1 saturated heterocycles. The van der Waals surface area contributed by atoms with E-state index in [1.165, 1.54) is 13.8 Å². The summed E-state index contributed by atoms with van der Waals surface area (Å²) in [6.45, 7) is 1.85. The van der Waals surface area contributed by atoms with E-state index in [9.17, 15) is 19.8 Å². The van der Waals surface area contributed by atoms with Crippen LogP contribution in [0.2, 0.25) is 0 Å². The number of carbonyl (C=O) groups excluding carboxylic acids is 1. The lowest BCUT2D eigenvalue weighted by atomic mass is 9.97. The first-order chi connectivity index (χ1) is 9.27. The molecule has 0 radical (unpaired) electrons. The third-order valence-electron chi connectivity index (χ3n) is 2.94. The molecule has 3 unspecified atom stereocenters. The topological polar surface area (TPSA) is 146 Å². The third-order valence-corrected chi connectivity index (χ3v) is 2.94. The quantitative estimate of drug-likeness (QED) is 0.371. The van der Waals surface area contributed by atoms with Crippen molar-refractivity contribution in [2.75, 3.05) is 6.61 Å². The number of carbonyl (C=O) groups is 2. The summed E-state index contributed by atoms with van der Waals surface area (Å²) in [5, 5.41) is 39.8. The Bertz CT molecular complexity index is 362. The fourth-order valence-electron chi connectivity index (χ4n) is 1.85. The largest absolute Gasteiger partial charge is 0.479 e. The van der Waals surface area contributed by atoms with Gasteiger partial charge in [-0.3, -0.25) is 4.79 Å². The van der Waals surface area contributed by atoms with Gasteiger partial charge in [0.15, 0.2) is 12.4 Å². The summed E-state index contributed by atoms with van der Waals surface area (Å²) in [4.78, 5) is 21.9. The molecule has 9 heteroatoms. The molecule has 1 heterocycles. The molecule has 0 bridgehead atoms. The number of aliphatic hydroxyl groups excluding tert-OH is 3. The van der Waals surface area contributed by atoms with Gasteiger partial charge in [-0.1, -0.05) is 0 Å². The molecule has 1 aliphatic heterocycles. The molecule has 5 N–H and O–H groups in total. The number of nitrogens with one attached hydrogen (secondary N) is 1. The van der Waals surface area contributed by atoms with E-state index >= 15 is 0 Å². The molecule has 0 saturated carbocycles. The number of amides is 1. The predicted molar refractivity (Wildman–Crippen MR) is 63.5 cm³/mol. The molecule has 116 valence electrons. The lowest BCUT2D eigenvalue weighted by Crippen LogP contribution is -2.65. The van der Waals surface area contributed by atoms with Gasteiger partial charge in [0.2, 0.25) is 5.91 Å². The van der Waals surface area contributed by atoms with Gasteiger partial charge in [-0.25, -0.2) is 4.79 Å². The molecule has 9 nitrogen and oxygen atoms in total. The fourth-order valence-corrected chi connectivity index (χ4v) is 1.85. The Morgan fingerprint density at radius 2 is 1.95 bits per heavy atom. The highest BCUT2D eigenvalue weighted by Crippen LogP contribution is 2.23. The van der Waals surface area contributed by atoms with E-state index in [0.29, 0.717) is 0 Å². The number of aliphatic carboxylic acids is 1. The fraction of sp³-hybridized carbons (Fsp3) is 0.818. The van der Waals surface area contributed by atoms with Crippen LogP contribution in [0, 0.1) is 0 Å². The minimum atomic E-state index is -1.46. The van der Waals surface area contributed by atoms with E-state index in [2.05, 4.69) is 5.32 Å². The lowest BCUT2D eigenvalue weighted by molar-refractivity contribution is -0.279. The molecular formula is C11H19NO8. The van der Waals surface area contributed by atoms with Gasteiger partial charge in [-0.05, 0) is 6.92 Å². The van der Waals surface area contributed by atoms with E-state index in [1.807, 2.05) is 0 Å². The number of aliphatic hydroxyl groups is 3. The van der Waals surface area contributed by atoms with Gasteiger partial charge in [0.1, 0.15) is 24.4 Å². The standard InChI is InChI=1S/C11H19NO8/c1-4(10(17)18)19-11-7(12-5(2)14)9(16)8(15)6(3-13)20-11/h4,6-9,11,13,15-16H,3H2,1-2H3,(H,12,14)(H,17,18)/t4-,6?,7?,8+,9?,11+/m0/s1. The Hall–Kier alpha value is -1.26. The molecule has 1 fully saturated rings. The Kier molecular flexibility index (Phi) is 5.84. The number of carboxylic acid groups (broad SMARTS) is 1. The van der Waals surface area contributed by atoms with E-state index in [0.717, 1.165) is 0 Å². The van der Waals surface area contributed by atoms with Crippen LogP contribution >= 0.6 is 0 Å². The highest BCUT2D eigenvalue weighted by molar-refractivity contribution is 5.73. The first-order valence-corrected chi connectivity index (χ1v) is 6.05. The van der Waals surface area contributed by atoms with Gasteiger partial charge < -0.3 is 35.2 Å². The molecule has 0 aromatic rings. The van der Waals surface area contributed by atoms with Crippen LogP contribution in [-0.2, 0) is 19.1 Å². The summed E-state index contributed by atoms with van der Waals surface area (Å²) in [7, 11) is 0. The predicted octanol–water partition coefficient (Wildman–Crippen LogP) is -2.58. The number of hydrogen-bond acceptors (Lipinski definition) is 7. The van der Waals surface area contributed by atoms with Crippen molar-refractivity contribution in [3.8, 4) is 0 Å². The molecule has 1 amide bonds. The number of hydrogen-bond donors (Lipinski definition) is 5. The van der Waals surface area contributed by atoms with Crippen molar-refractivity contribution in [3.05, 3.63) is 0 Å². The molecule has 0 spiro atoms. The number of carboxylic acids is 1. The van der Waals surface area contributed by atoms with Crippen LogP contribution in [-0.4, -0.2) is 75.7 Å². The maximum atomic E-state index is 11.1. The van der Waals surface area contributed by atoms with E-state index in [-0.39, 0.29) is 0 Å². The average Bonchev–Trinajstić information content (AvgIpc) is 2.37. The maximum Gasteiger partial charge on any atom is 0.332 e. The molecular weight excluding hydrogens is 274 g/mol. The molecule has 1 rings (SSSR count). The second-order valence-electron chi connectivity index (χ2n) is 4.55. The molecule has 0 aromatic heterocycles. The van der Waals surface area contributed by atoms with Crippen LogP contribution in [0.15, 0.2) is 0 Å². The van der Waals surface area contributed by atoms with E-state index in [1.54, 1.807) is 0 Å². The lowest BCUT2D eigenvalue weighted by Gasteiger charge is -2.42. The van der Waals surface area contributed by atoms with Crippen LogP contribution in [0.25, 0.3) is 0 Å². The second kappa shape index (κ2) is 6.95. The van der Waals surface area contributed by atoms with Gasteiger partial charge in [0.25, 0.3) is 0 Å². The van der Waals surface area contributed by atoms with Crippen molar-refractivity contribution in [1.82, 2.24) is 5.32 Å². The van der Waals surface area contributed by atoms with Crippen molar-refractivity contribution < 1.29 is 39.5 Å². The van der Waals surface area contributed by atoms with Crippen LogP contribution < -0.4 is 5.32 Å². The van der Waals surface area contributed by atoms with Gasteiger partial charge >= 0.3 is 5.97 Å². The van der Waals surface area contributed by atoms with Crippen molar-refractivity contribution >= 4 is 11.9 Å². The monoisotopic (exact) mass is 293 g/mol. The van der Waals surface area contributed by atoms with E-state index < -0.39 is 55.2 Å². The molecule has 6 atom stereocenters. The van der Waals surface area contributed by atoms with Gasteiger partial charge in [0, 0.05) is 6.92 Å². The number of ether oxygens (including phenoxy) is 2. The summed E-state index contributed by atoms with van der Waals surface area (Å²) >= 11 is 0. The van der Waals surface area contributed by atoms with Crippen molar-refractivity contribution in [2.24, 2.45) is 0 Å². The molecule has 20 heavy (non-hydrogen) atoms. The molecule has 1 aliphatic rings. The Labute approximate surface area is 115 Å². The van der Waals surface area contributed by atoms with Crippen LogP contribution in [0.1, 0.15) is 13.8 Å². The summed E-state index contributed by atoms with van der Waals surface area (Å²) < 4.78 is 10.3. The Morgan fingerprint density at radius 1 is 1.35 bits per heavy atom. The first kappa shape index (κ1) is 16.8. The van der Waals surface area contributed by atoms with Crippen LogP contribution in [0.5, 0.6) is 0 Å². The zero-order valence-electron chi connectivity index (χ0n) is 11.1. The van der Waals surface area contributed by atoms with Gasteiger partial charge in [-0.2, -0.15) is 0 Å². The molecule has 0 aliphatic carbocycles. The van der Waals surface area contributed by atoms with Crippen LogP contribution in [0.3, 0.4) is 0 Å². The number of rotatable bonds is 5. The highest BCUT2D eigenvalue weighted by Gasteiger charge is 2.46. The summed E-state index contributed by atoms with van der Waals surface area (Å²) in [5.74, 6) is -1.76. The third kappa shape index (κ3) is 3.87. The van der Waals surface area contributed by atoms with Crippen molar-refractivity contribution in [1.29, 1.82) is 0 Å². The second-order valence-corrected chi connectivity index (χ2v) is 4.55. The van der Waals surface area contributed by atoms with Crippen LogP contribution in [0.4, 0.5) is 0 Å². The Morgan fingerprint density at radius 3 is 2.40 bits per heavy atom. The normalized spacial score (nSPS) is 35.4. The highest BCUT2D eigenvalue weighted by atomic mass is 16.7. The minimum absolute atomic E-state index is 0.510. The summed E-state index contributed by atoms with van der Waals surface area (Å²) in [6.07, 6.45) is -6.59. The smallest absolute Gasteiger partial charge is 0.332 e. The van der Waals surface area contributed by atoms with Crippen molar-refractivity contribution in [2.45, 2.75) is 50.6 Å². The van der Waals surface area contributed by atoms with E-state index in [4.69, 9.17) is 19.7 Å². The zero-order chi connectivity index (χ0) is 15.4. The summed E-state index contributed by atoms with van der Waals surface area (Å²) in [6, 6.07) is -1.15. The Balaban J connectivity index is 2.88. The molecule has 0 aromatic carbocycles. The minimum Gasteiger partial charge on any atom is -0.479 e. The first-order valence-electron chi connectivity index (χ1n) is 6.05. The van der Waals surface area contributed by atoms with Gasteiger partial charge in [0.05, 0.1) is 6.61 Å². The summed E-state index contributed by atoms with van der Waals surface area (Å²) in [5.41, 5.74) is 0. The zero-order valence-corrected chi connectivity index (χ0v) is 11.1.